The Morgan fingerprint density at radius 2 is 2.04 bits per heavy atom. The predicted molar refractivity (Wildman–Crippen MR) is 105 cm³/mol. The number of rotatable bonds is 6. The van der Waals surface area contributed by atoms with Crippen molar-refractivity contribution in [2.75, 3.05) is 19.6 Å². The predicted octanol–water partition coefficient (Wildman–Crippen LogP) is 3.32. The van der Waals surface area contributed by atoms with Gasteiger partial charge in [-0.2, -0.15) is 4.98 Å². The number of amides is 1. The second kappa shape index (κ2) is 7.66. The molecular weight excluding hydrogens is 352 g/mol. The number of carbonyl (C=O) groups excluding carboxylic acids is 1. The maximum absolute atomic E-state index is 11.7. The van der Waals surface area contributed by atoms with Gasteiger partial charge in [-0.3, -0.25) is 9.69 Å². The van der Waals surface area contributed by atoms with E-state index in [4.69, 9.17) is 9.51 Å². The van der Waals surface area contributed by atoms with Crippen molar-refractivity contribution in [1.82, 2.24) is 19.9 Å². The quantitative estimate of drug-likeness (QED) is 0.769. The van der Waals surface area contributed by atoms with E-state index >= 15 is 0 Å². The lowest BCUT2D eigenvalue weighted by atomic mass is 9.94. The van der Waals surface area contributed by atoms with Gasteiger partial charge in [0.15, 0.2) is 5.82 Å². The van der Waals surface area contributed by atoms with Crippen LogP contribution in [-0.2, 0) is 11.2 Å². The Morgan fingerprint density at radius 1 is 1.14 bits per heavy atom. The standard InChI is InChI=1S/C22H28N4O2/c27-21-11-6-13-25(21)12-5-10-20-23-22(24-28-20)17-15-19(16-7-2-1-3-8-16)26-14-4-9-18(17)26/h1-3,7-8,17-19H,4-6,9-15H2/t17-,18+,19-/m1/s1. The molecule has 0 bridgehead atoms. The van der Waals surface area contributed by atoms with Gasteiger partial charge in [-0.05, 0) is 44.2 Å². The fourth-order valence-electron chi connectivity index (χ4n) is 5.33. The first-order valence-electron chi connectivity index (χ1n) is 10.7. The molecule has 3 fully saturated rings. The first kappa shape index (κ1) is 17.9. The second-order valence-corrected chi connectivity index (χ2v) is 8.35. The zero-order valence-electron chi connectivity index (χ0n) is 16.3. The summed E-state index contributed by atoms with van der Waals surface area (Å²) >= 11 is 0. The minimum Gasteiger partial charge on any atom is -0.343 e. The van der Waals surface area contributed by atoms with Crippen molar-refractivity contribution in [2.45, 2.75) is 62.9 Å². The average molecular weight is 380 g/mol. The number of likely N-dealkylation sites (tertiary alicyclic amines) is 1. The zero-order valence-corrected chi connectivity index (χ0v) is 16.3. The van der Waals surface area contributed by atoms with Crippen LogP contribution in [0.3, 0.4) is 0 Å². The Morgan fingerprint density at radius 3 is 2.86 bits per heavy atom. The number of benzene rings is 1. The molecule has 1 aromatic heterocycles. The lowest BCUT2D eigenvalue weighted by molar-refractivity contribution is -0.127. The summed E-state index contributed by atoms with van der Waals surface area (Å²) in [5.74, 6) is 2.23. The molecule has 0 aliphatic carbocycles. The summed E-state index contributed by atoms with van der Waals surface area (Å²) < 4.78 is 5.57. The van der Waals surface area contributed by atoms with Crippen LogP contribution in [0.1, 0.15) is 67.8 Å². The monoisotopic (exact) mass is 380 g/mol. The molecule has 0 saturated carbocycles. The third-order valence-corrected chi connectivity index (χ3v) is 6.67. The van der Waals surface area contributed by atoms with Gasteiger partial charge in [0.1, 0.15) is 0 Å². The largest absolute Gasteiger partial charge is 0.343 e. The zero-order chi connectivity index (χ0) is 18.9. The molecule has 1 amide bonds. The molecule has 1 aromatic carbocycles. The first-order valence-corrected chi connectivity index (χ1v) is 10.7. The molecule has 3 atom stereocenters. The minimum absolute atomic E-state index is 0.283. The Balaban J connectivity index is 1.24. The van der Waals surface area contributed by atoms with Crippen LogP contribution < -0.4 is 0 Å². The van der Waals surface area contributed by atoms with E-state index in [-0.39, 0.29) is 5.91 Å². The van der Waals surface area contributed by atoms with Crippen LogP contribution in [0.15, 0.2) is 34.9 Å². The van der Waals surface area contributed by atoms with Crippen molar-refractivity contribution < 1.29 is 9.32 Å². The van der Waals surface area contributed by atoms with Gasteiger partial charge >= 0.3 is 0 Å². The Kier molecular flexibility index (Phi) is 4.89. The Bertz CT molecular complexity index is 821. The minimum atomic E-state index is 0.283. The van der Waals surface area contributed by atoms with Crippen LogP contribution in [0.2, 0.25) is 0 Å². The number of nitrogens with zero attached hydrogens (tertiary/aromatic N) is 4. The summed E-state index contributed by atoms with van der Waals surface area (Å²) in [6.45, 7) is 2.86. The normalized spacial score (nSPS) is 27.6. The van der Waals surface area contributed by atoms with Crippen LogP contribution >= 0.6 is 0 Å². The van der Waals surface area contributed by atoms with Gasteiger partial charge in [0.2, 0.25) is 11.8 Å². The number of aryl methyl sites for hydroxylation is 1. The van der Waals surface area contributed by atoms with Gasteiger partial charge in [-0.15, -0.1) is 0 Å². The molecule has 0 radical (unpaired) electrons. The maximum atomic E-state index is 11.7. The van der Waals surface area contributed by atoms with Crippen molar-refractivity contribution in [3.05, 3.63) is 47.6 Å². The van der Waals surface area contributed by atoms with E-state index in [0.717, 1.165) is 51.1 Å². The van der Waals surface area contributed by atoms with Crippen LogP contribution in [-0.4, -0.2) is 51.5 Å². The molecule has 3 saturated heterocycles. The third kappa shape index (κ3) is 3.34. The highest BCUT2D eigenvalue weighted by Gasteiger charge is 2.46. The van der Waals surface area contributed by atoms with E-state index in [0.29, 0.717) is 30.3 Å². The van der Waals surface area contributed by atoms with Gasteiger partial charge in [0.05, 0.1) is 0 Å². The molecule has 2 aromatic rings. The van der Waals surface area contributed by atoms with Gasteiger partial charge < -0.3 is 9.42 Å². The first-order chi connectivity index (χ1) is 13.8. The molecule has 148 valence electrons. The topological polar surface area (TPSA) is 62.5 Å². The van der Waals surface area contributed by atoms with E-state index in [9.17, 15) is 4.79 Å². The van der Waals surface area contributed by atoms with Crippen molar-refractivity contribution in [3.8, 4) is 0 Å². The Labute approximate surface area is 165 Å². The lowest BCUT2D eigenvalue weighted by Gasteiger charge is -2.24. The highest BCUT2D eigenvalue weighted by Crippen LogP contribution is 2.48. The van der Waals surface area contributed by atoms with Crippen LogP contribution in [0.5, 0.6) is 0 Å². The van der Waals surface area contributed by atoms with Crippen LogP contribution in [0, 0.1) is 0 Å². The smallest absolute Gasteiger partial charge is 0.226 e. The van der Waals surface area contributed by atoms with Gasteiger partial charge in [0, 0.05) is 43.9 Å². The van der Waals surface area contributed by atoms with E-state index in [1.165, 1.54) is 18.4 Å². The molecule has 3 aliphatic heterocycles. The molecule has 28 heavy (non-hydrogen) atoms. The molecule has 0 unspecified atom stereocenters. The van der Waals surface area contributed by atoms with Gasteiger partial charge in [0.25, 0.3) is 0 Å². The molecule has 3 aliphatic rings. The highest BCUT2D eigenvalue weighted by atomic mass is 16.5. The second-order valence-electron chi connectivity index (χ2n) is 8.35. The average Bonchev–Trinajstić information content (AvgIpc) is 3.48. The molecule has 0 spiro atoms. The van der Waals surface area contributed by atoms with Crippen LogP contribution in [0.25, 0.3) is 0 Å². The van der Waals surface area contributed by atoms with E-state index in [2.05, 4.69) is 40.4 Å². The SMILES string of the molecule is O=C1CCCN1CCCc1nc([C@@H]2C[C@H](c3ccccc3)N3CCC[C@@H]23)no1. The molecule has 6 heteroatoms. The molecular formula is C22H28N4O2. The van der Waals surface area contributed by atoms with Crippen LogP contribution in [0.4, 0.5) is 0 Å². The fourth-order valence-corrected chi connectivity index (χ4v) is 5.33. The third-order valence-electron chi connectivity index (χ3n) is 6.67. The summed E-state index contributed by atoms with van der Waals surface area (Å²) in [4.78, 5) is 21.1. The maximum Gasteiger partial charge on any atom is 0.226 e. The summed E-state index contributed by atoms with van der Waals surface area (Å²) in [6, 6.07) is 11.8. The molecule has 6 nitrogen and oxygen atoms in total. The summed E-state index contributed by atoms with van der Waals surface area (Å²) in [5, 5.41) is 4.36. The lowest BCUT2D eigenvalue weighted by Crippen LogP contribution is -2.27. The number of fused-ring (bicyclic) bond motifs is 1. The fraction of sp³-hybridized carbons (Fsp3) is 0.591. The van der Waals surface area contributed by atoms with E-state index < -0.39 is 0 Å². The van der Waals surface area contributed by atoms with E-state index in [1.54, 1.807) is 0 Å². The number of carbonyl (C=O) groups is 1. The highest BCUT2D eigenvalue weighted by molar-refractivity contribution is 5.77. The summed E-state index contributed by atoms with van der Waals surface area (Å²) in [5.41, 5.74) is 1.40. The van der Waals surface area contributed by atoms with Crippen molar-refractivity contribution in [1.29, 1.82) is 0 Å². The molecule has 0 N–H and O–H groups in total. The Hall–Kier alpha value is -2.21. The number of aromatic nitrogens is 2. The summed E-state index contributed by atoms with van der Waals surface area (Å²) in [7, 11) is 0. The molecule has 5 rings (SSSR count). The van der Waals surface area contributed by atoms with Crippen molar-refractivity contribution in [2.24, 2.45) is 0 Å². The van der Waals surface area contributed by atoms with Gasteiger partial charge in [-0.1, -0.05) is 35.5 Å². The molecule has 4 heterocycles. The number of hydrogen-bond acceptors (Lipinski definition) is 5. The van der Waals surface area contributed by atoms with Gasteiger partial charge in [-0.25, -0.2) is 0 Å². The number of hydrogen-bond donors (Lipinski definition) is 0. The summed E-state index contributed by atoms with van der Waals surface area (Å²) in [6.07, 6.45) is 6.86. The van der Waals surface area contributed by atoms with Crippen molar-refractivity contribution in [3.63, 3.8) is 0 Å². The van der Waals surface area contributed by atoms with Crippen molar-refractivity contribution >= 4 is 5.91 Å². The van der Waals surface area contributed by atoms with E-state index in [1.807, 2.05) is 4.90 Å².